The number of ether oxygens (including phenoxy) is 1. The molecule has 0 bridgehead atoms. The van der Waals surface area contributed by atoms with Crippen LogP contribution in [0.15, 0.2) is 48.5 Å². The van der Waals surface area contributed by atoms with Crippen molar-refractivity contribution >= 4 is 17.0 Å². The number of H-pyrrole nitrogens is 1. The number of aryl methyl sites for hydroxylation is 1. The number of nitrogens with zero attached hydrogens (tertiary/aromatic N) is 4. The highest BCUT2D eigenvalue weighted by Crippen LogP contribution is 2.22. The molecular formula is C23H30N5O+. The maximum absolute atomic E-state index is 5.50. The van der Waals surface area contributed by atoms with Gasteiger partial charge in [-0.3, -0.25) is 4.90 Å². The molecule has 0 unspecified atom stereocenters. The number of hydrogen-bond acceptors (Lipinski definition) is 4. The minimum absolute atomic E-state index is 0.862. The number of imidazole rings is 1. The molecule has 6 nitrogen and oxygen atoms in total. The van der Waals surface area contributed by atoms with Crippen molar-refractivity contribution in [3.8, 4) is 0 Å². The number of morpholine rings is 1. The fourth-order valence-corrected chi connectivity index (χ4v) is 4.41. The number of fused-ring (bicyclic) bond motifs is 3. The zero-order valence-electron chi connectivity index (χ0n) is 17.2. The molecule has 1 saturated heterocycles. The first-order valence-corrected chi connectivity index (χ1v) is 10.6. The van der Waals surface area contributed by atoms with E-state index in [0.29, 0.717) is 0 Å². The molecule has 3 heterocycles. The molecule has 5 rings (SSSR count). The van der Waals surface area contributed by atoms with E-state index in [4.69, 9.17) is 4.74 Å². The van der Waals surface area contributed by atoms with Crippen LogP contribution < -0.4 is 9.47 Å². The summed E-state index contributed by atoms with van der Waals surface area (Å²) in [5.41, 5.74) is 5.12. The van der Waals surface area contributed by atoms with Gasteiger partial charge in [0.1, 0.15) is 24.4 Å². The molecule has 6 heteroatoms. The van der Waals surface area contributed by atoms with E-state index >= 15 is 0 Å². The van der Waals surface area contributed by atoms with Gasteiger partial charge in [-0.05, 0) is 30.2 Å². The summed E-state index contributed by atoms with van der Waals surface area (Å²) in [6.45, 7) is 10.9. The van der Waals surface area contributed by atoms with Crippen molar-refractivity contribution < 1.29 is 9.30 Å². The Morgan fingerprint density at radius 1 is 1.00 bits per heavy atom. The number of aromatic amines is 1. The van der Waals surface area contributed by atoms with E-state index in [-0.39, 0.29) is 0 Å². The van der Waals surface area contributed by atoms with Crippen molar-refractivity contribution in [1.29, 1.82) is 0 Å². The van der Waals surface area contributed by atoms with Crippen LogP contribution in [0.25, 0.3) is 11.0 Å². The van der Waals surface area contributed by atoms with Crippen LogP contribution in [0.2, 0.25) is 0 Å². The first kappa shape index (κ1) is 18.6. The maximum atomic E-state index is 5.50. The van der Waals surface area contributed by atoms with Crippen molar-refractivity contribution in [2.75, 3.05) is 51.0 Å². The van der Waals surface area contributed by atoms with Gasteiger partial charge >= 0.3 is 5.95 Å². The third-order valence-corrected chi connectivity index (χ3v) is 6.01. The van der Waals surface area contributed by atoms with E-state index in [1.807, 2.05) is 0 Å². The summed E-state index contributed by atoms with van der Waals surface area (Å²) >= 11 is 0. The Labute approximate surface area is 172 Å². The fourth-order valence-electron chi connectivity index (χ4n) is 4.41. The summed E-state index contributed by atoms with van der Waals surface area (Å²) in [5, 5.41) is 0. The molecule has 29 heavy (non-hydrogen) atoms. The topological polar surface area (TPSA) is 38.6 Å². The number of aromatic nitrogens is 2. The van der Waals surface area contributed by atoms with E-state index in [0.717, 1.165) is 59.3 Å². The lowest BCUT2D eigenvalue weighted by atomic mass is 10.2. The molecule has 1 N–H and O–H groups in total. The highest BCUT2D eigenvalue weighted by atomic mass is 16.5. The maximum Gasteiger partial charge on any atom is 0.360 e. The predicted octanol–water partition coefficient (Wildman–Crippen LogP) is 2.33. The molecule has 0 atom stereocenters. The molecule has 0 saturated carbocycles. The lowest BCUT2D eigenvalue weighted by Gasteiger charge is -2.34. The fraction of sp³-hybridized carbons (Fsp3) is 0.435. The largest absolute Gasteiger partial charge is 0.379 e. The van der Waals surface area contributed by atoms with Gasteiger partial charge in [-0.15, -0.1) is 0 Å². The van der Waals surface area contributed by atoms with Gasteiger partial charge in [-0.1, -0.05) is 36.4 Å². The summed E-state index contributed by atoms with van der Waals surface area (Å²) in [4.78, 5) is 11.2. The van der Waals surface area contributed by atoms with Crippen molar-refractivity contribution in [1.82, 2.24) is 14.8 Å². The smallest absolute Gasteiger partial charge is 0.360 e. The molecule has 0 radical (unpaired) electrons. The molecule has 3 aromatic rings. The van der Waals surface area contributed by atoms with Crippen LogP contribution >= 0.6 is 0 Å². The summed E-state index contributed by atoms with van der Waals surface area (Å²) in [7, 11) is 0. The quantitative estimate of drug-likeness (QED) is 0.677. The zero-order valence-corrected chi connectivity index (χ0v) is 17.2. The van der Waals surface area contributed by atoms with Gasteiger partial charge in [0.15, 0.2) is 0 Å². The van der Waals surface area contributed by atoms with Crippen LogP contribution in [-0.4, -0.2) is 60.8 Å². The summed E-state index contributed by atoms with van der Waals surface area (Å²) in [6.07, 6.45) is 0. The van der Waals surface area contributed by atoms with Gasteiger partial charge < -0.3 is 4.74 Å². The minimum Gasteiger partial charge on any atom is -0.379 e. The summed E-state index contributed by atoms with van der Waals surface area (Å²) in [5.74, 6) is 1.21. The monoisotopic (exact) mass is 392 g/mol. The SMILES string of the molecule is Cc1ccc2c(c1)[nH]c1[n+]2CN(CCN2CCOCC2)CN1Cc1ccccc1. The summed E-state index contributed by atoms with van der Waals surface area (Å²) < 4.78 is 7.93. The second-order valence-corrected chi connectivity index (χ2v) is 8.21. The zero-order chi connectivity index (χ0) is 19.6. The Kier molecular flexibility index (Phi) is 5.23. The third kappa shape index (κ3) is 4.01. The van der Waals surface area contributed by atoms with E-state index in [2.05, 4.69) is 79.7 Å². The number of anilines is 1. The second kappa shape index (κ2) is 8.14. The molecule has 0 spiro atoms. The van der Waals surface area contributed by atoms with Gasteiger partial charge in [0.25, 0.3) is 0 Å². The third-order valence-electron chi connectivity index (χ3n) is 6.01. The van der Waals surface area contributed by atoms with Crippen LogP contribution in [0.3, 0.4) is 0 Å². The van der Waals surface area contributed by atoms with Crippen molar-refractivity contribution in [2.24, 2.45) is 0 Å². The van der Waals surface area contributed by atoms with Gasteiger partial charge in [0, 0.05) is 26.2 Å². The van der Waals surface area contributed by atoms with Crippen LogP contribution in [0.5, 0.6) is 0 Å². The molecule has 1 fully saturated rings. The van der Waals surface area contributed by atoms with E-state index in [1.54, 1.807) is 0 Å². The molecular weight excluding hydrogens is 362 g/mol. The van der Waals surface area contributed by atoms with E-state index in [9.17, 15) is 0 Å². The Morgan fingerprint density at radius 3 is 2.62 bits per heavy atom. The van der Waals surface area contributed by atoms with E-state index in [1.165, 1.54) is 28.1 Å². The molecule has 2 aliphatic heterocycles. The van der Waals surface area contributed by atoms with Crippen LogP contribution in [0, 0.1) is 6.92 Å². The molecule has 2 aliphatic rings. The standard InChI is InChI=1S/C23H29N5O/c1-19-7-8-22-21(15-19)24-23-27(16-20-5-3-2-4-6-20)17-26(18-28(22)23)10-9-25-11-13-29-14-12-25/h2-8,15H,9-14,16-18H2,1H3/p+1. The van der Waals surface area contributed by atoms with Crippen LogP contribution in [0.1, 0.15) is 11.1 Å². The van der Waals surface area contributed by atoms with Crippen LogP contribution in [-0.2, 0) is 18.0 Å². The minimum atomic E-state index is 0.862. The first-order chi connectivity index (χ1) is 14.3. The van der Waals surface area contributed by atoms with Gasteiger partial charge in [-0.2, -0.15) is 0 Å². The van der Waals surface area contributed by atoms with Crippen LogP contribution in [0.4, 0.5) is 5.95 Å². The predicted molar refractivity (Wildman–Crippen MR) is 115 cm³/mol. The molecule has 0 amide bonds. The Bertz CT molecular complexity index is 964. The van der Waals surface area contributed by atoms with Crippen molar-refractivity contribution in [3.63, 3.8) is 0 Å². The van der Waals surface area contributed by atoms with Gasteiger partial charge in [-0.25, -0.2) is 19.4 Å². The highest BCUT2D eigenvalue weighted by molar-refractivity contribution is 5.74. The van der Waals surface area contributed by atoms with Crippen molar-refractivity contribution in [3.05, 3.63) is 59.7 Å². The number of hydrogen-bond donors (Lipinski definition) is 1. The molecule has 152 valence electrons. The van der Waals surface area contributed by atoms with E-state index < -0.39 is 0 Å². The van der Waals surface area contributed by atoms with Gasteiger partial charge in [0.2, 0.25) is 0 Å². The number of rotatable bonds is 5. The molecule has 1 aromatic heterocycles. The second-order valence-electron chi connectivity index (χ2n) is 8.21. The molecule has 0 aliphatic carbocycles. The average Bonchev–Trinajstić information content (AvgIpc) is 3.11. The molecule has 2 aromatic carbocycles. The first-order valence-electron chi connectivity index (χ1n) is 10.6. The summed E-state index contributed by atoms with van der Waals surface area (Å²) in [6, 6.07) is 17.5. The lowest BCUT2D eigenvalue weighted by Crippen LogP contribution is -2.58. The van der Waals surface area contributed by atoms with Gasteiger partial charge in [0.05, 0.1) is 19.8 Å². The Morgan fingerprint density at radius 2 is 1.79 bits per heavy atom. The Hall–Kier alpha value is -2.41. The average molecular weight is 393 g/mol. The highest BCUT2D eigenvalue weighted by Gasteiger charge is 2.32. The number of benzene rings is 2. The van der Waals surface area contributed by atoms with Crippen molar-refractivity contribution in [2.45, 2.75) is 20.1 Å². The normalized spacial score (nSPS) is 18.3. The Balaban J connectivity index is 1.41. The number of nitrogens with one attached hydrogen (secondary N) is 1. The lowest BCUT2D eigenvalue weighted by molar-refractivity contribution is -0.685.